The Hall–Kier alpha value is -0.650. The highest BCUT2D eigenvalue weighted by atomic mass is 17.2. The number of carbonyl (C=O) groups excluding carboxylic acids is 1. The van der Waals surface area contributed by atoms with E-state index in [-0.39, 0.29) is 5.97 Å². The number of esters is 1. The quantitative estimate of drug-likeness (QED) is 0.506. The fourth-order valence-corrected chi connectivity index (χ4v) is 2.85. The average molecular weight is 302 g/mol. The molecule has 1 heterocycles. The summed E-state index contributed by atoms with van der Waals surface area (Å²) in [6.45, 7) is 6.01. The first-order valence-electron chi connectivity index (χ1n) is 7.96. The Kier molecular flexibility index (Phi) is 7.10. The van der Waals surface area contributed by atoms with Crippen LogP contribution in [0.15, 0.2) is 0 Å². The van der Waals surface area contributed by atoms with Crippen LogP contribution in [0.5, 0.6) is 0 Å². The highest BCUT2D eigenvalue weighted by molar-refractivity contribution is 5.73. The summed E-state index contributed by atoms with van der Waals surface area (Å²) < 4.78 is 10.3. The van der Waals surface area contributed by atoms with Gasteiger partial charge in [0.05, 0.1) is 7.11 Å². The van der Waals surface area contributed by atoms with Crippen molar-refractivity contribution in [3.05, 3.63) is 0 Å². The van der Waals surface area contributed by atoms with Gasteiger partial charge in [-0.15, -0.1) is 0 Å². The van der Waals surface area contributed by atoms with E-state index in [4.69, 9.17) is 19.2 Å². The van der Waals surface area contributed by atoms with Gasteiger partial charge in [-0.1, -0.05) is 39.5 Å². The monoisotopic (exact) mass is 302 g/mol. The highest BCUT2D eigenvalue weighted by Crippen LogP contribution is 2.44. The largest absolute Gasteiger partial charge is 0.469 e. The molecular formula is C16H30O5. The minimum atomic E-state index is -1.09. The van der Waals surface area contributed by atoms with Crippen LogP contribution in [0.1, 0.15) is 65.7 Å². The van der Waals surface area contributed by atoms with Gasteiger partial charge in [-0.05, 0) is 26.2 Å². The van der Waals surface area contributed by atoms with Crippen molar-refractivity contribution in [2.24, 2.45) is 5.92 Å². The highest BCUT2D eigenvalue weighted by Gasteiger charge is 2.53. The molecule has 0 aromatic heterocycles. The lowest BCUT2D eigenvalue weighted by Crippen LogP contribution is -2.55. The van der Waals surface area contributed by atoms with Gasteiger partial charge in [-0.3, -0.25) is 4.79 Å². The summed E-state index contributed by atoms with van der Waals surface area (Å²) in [6, 6.07) is 0. The molecule has 0 spiro atoms. The summed E-state index contributed by atoms with van der Waals surface area (Å²) in [4.78, 5) is 23.4. The normalized spacial score (nSPS) is 28.3. The number of unbranched alkanes of at least 4 members (excludes halogenated alkanes) is 2. The summed E-state index contributed by atoms with van der Waals surface area (Å²) in [5.74, 6) is -1.87. The maximum Gasteiger partial charge on any atom is 0.314 e. The number of carbonyl (C=O) groups is 1. The van der Waals surface area contributed by atoms with Crippen molar-refractivity contribution in [1.29, 1.82) is 0 Å². The third-order valence-electron chi connectivity index (χ3n) is 4.46. The third-order valence-corrected chi connectivity index (χ3v) is 4.46. The summed E-state index contributed by atoms with van der Waals surface area (Å²) in [5, 5.41) is 0. The zero-order valence-corrected chi connectivity index (χ0v) is 14.1. The number of ether oxygens (including phenoxy) is 2. The molecule has 1 rings (SSSR count). The average Bonchev–Trinajstić information content (AvgIpc) is 2.52. The predicted octanol–water partition coefficient (Wildman–Crippen LogP) is 3.61. The molecule has 0 bridgehead atoms. The van der Waals surface area contributed by atoms with Crippen molar-refractivity contribution >= 4 is 5.97 Å². The van der Waals surface area contributed by atoms with Crippen LogP contribution in [0.4, 0.5) is 0 Å². The molecule has 124 valence electrons. The first-order chi connectivity index (χ1) is 9.97. The van der Waals surface area contributed by atoms with Crippen LogP contribution < -0.4 is 0 Å². The van der Waals surface area contributed by atoms with Crippen molar-refractivity contribution in [3.8, 4) is 0 Å². The first-order valence-corrected chi connectivity index (χ1v) is 7.96. The molecule has 0 radical (unpaired) electrons. The smallest absolute Gasteiger partial charge is 0.314 e. The van der Waals surface area contributed by atoms with Gasteiger partial charge >= 0.3 is 5.97 Å². The van der Waals surface area contributed by atoms with Gasteiger partial charge in [0.2, 0.25) is 5.79 Å². The molecule has 2 atom stereocenters. The minimum Gasteiger partial charge on any atom is -0.469 e. The molecule has 1 aliphatic heterocycles. The van der Waals surface area contributed by atoms with E-state index in [0.29, 0.717) is 6.42 Å². The van der Waals surface area contributed by atoms with Crippen LogP contribution in [0.3, 0.4) is 0 Å². The van der Waals surface area contributed by atoms with Gasteiger partial charge in [0, 0.05) is 7.11 Å². The molecule has 0 saturated carbocycles. The van der Waals surface area contributed by atoms with Gasteiger partial charge < -0.3 is 9.47 Å². The van der Waals surface area contributed by atoms with Gasteiger partial charge in [0.15, 0.2) is 0 Å². The SMILES string of the molecule is CCCCC1(CCCC)C[C@@H](C(=O)OC)[C@@](C)(OC)OO1. The number of hydrogen-bond acceptors (Lipinski definition) is 5. The lowest BCUT2D eigenvalue weighted by atomic mass is 9.79. The van der Waals surface area contributed by atoms with Crippen LogP contribution in [-0.4, -0.2) is 31.6 Å². The van der Waals surface area contributed by atoms with Crippen LogP contribution in [0, 0.1) is 5.92 Å². The lowest BCUT2D eigenvalue weighted by Gasteiger charge is -2.46. The number of methoxy groups -OCH3 is 2. The van der Waals surface area contributed by atoms with E-state index in [9.17, 15) is 4.79 Å². The van der Waals surface area contributed by atoms with Crippen LogP contribution in [0.2, 0.25) is 0 Å². The van der Waals surface area contributed by atoms with E-state index in [1.54, 1.807) is 6.92 Å². The van der Waals surface area contributed by atoms with Gasteiger partial charge in [-0.2, -0.15) is 4.89 Å². The van der Waals surface area contributed by atoms with Gasteiger partial charge in [0.25, 0.3) is 0 Å². The second kappa shape index (κ2) is 8.11. The lowest BCUT2D eigenvalue weighted by molar-refractivity contribution is -0.497. The fraction of sp³-hybridized carbons (Fsp3) is 0.938. The van der Waals surface area contributed by atoms with E-state index in [1.807, 2.05) is 0 Å². The molecule has 0 N–H and O–H groups in total. The molecule has 21 heavy (non-hydrogen) atoms. The van der Waals surface area contributed by atoms with Crippen molar-refractivity contribution in [2.45, 2.75) is 77.1 Å². The maximum atomic E-state index is 12.1. The molecule has 0 amide bonds. The topological polar surface area (TPSA) is 54.0 Å². The zero-order chi connectivity index (χ0) is 15.9. The van der Waals surface area contributed by atoms with E-state index in [0.717, 1.165) is 38.5 Å². The van der Waals surface area contributed by atoms with E-state index >= 15 is 0 Å². The van der Waals surface area contributed by atoms with E-state index in [2.05, 4.69) is 13.8 Å². The van der Waals surface area contributed by atoms with Crippen molar-refractivity contribution in [1.82, 2.24) is 0 Å². The molecule has 1 aliphatic rings. The second-order valence-corrected chi connectivity index (χ2v) is 6.06. The van der Waals surface area contributed by atoms with Crippen molar-refractivity contribution < 1.29 is 24.0 Å². The van der Waals surface area contributed by atoms with Crippen LogP contribution >= 0.6 is 0 Å². The van der Waals surface area contributed by atoms with Crippen LogP contribution in [-0.2, 0) is 24.0 Å². The van der Waals surface area contributed by atoms with Crippen molar-refractivity contribution in [3.63, 3.8) is 0 Å². The number of rotatable bonds is 8. The molecule has 0 unspecified atom stereocenters. The summed E-state index contributed by atoms with van der Waals surface area (Å²) in [5.41, 5.74) is -0.414. The molecule has 0 aliphatic carbocycles. The van der Waals surface area contributed by atoms with Gasteiger partial charge in [-0.25, -0.2) is 4.89 Å². The van der Waals surface area contributed by atoms with Gasteiger partial charge in [0.1, 0.15) is 11.5 Å². The molecule has 0 aromatic carbocycles. The fourth-order valence-electron chi connectivity index (χ4n) is 2.85. The summed E-state index contributed by atoms with van der Waals surface area (Å²) in [7, 11) is 2.91. The predicted molar refractivity (Wildman–Crippen MR) is 79.5 cm³/mol. The Bertz CT molecular complexity index is 323. The van der Waals surface area contributed by atoms with Crippen LogP contribution in [0.25, 0.3) is 0 Å². The van der Waals surface area contributed by atoms with Crippen molar-refractivity contribution in [2.75, 3.05) is 14.2 Å². The van der Waals surface area contributed by atoms with E-state index < -0.39 is 17.3 Å². The Morgan fingerprint density at radius 2 is 1.71 bits per heavy atom. The Balaban J connectivity index is 2.93. The summed E-state index contributed by atoms with van der Waals surface area (Å²) >= 11 is 0. The first kappa shape index (κ1) is 18.4. The molecule has 1 fully saturated rings. The molecule has 1 saturated heterocycles. The molecule has 5 nitrogen and oxygen atoms in total. The minimum absolute atomic E-state index is 0.306. The Labute approximate surface area is 128 Å². The molecule has 0 aromatic rings. The molecule has 5 heteroatoms. The maximum absolute atomic E-state index is 12.1. The second-order valence-electron chi connectivity index (χ2n) is 6.06. The Morgan fingerprint density at radius 1 is 1.14 bits per heavy atom. The zero-order valence-electron chi connectivity index (χ0n) is 14.1. The number of hydrogen-bond donors (Lipinski definition) is 0. The standard InChI is InChI=1S/C16H30O5/c1-6-8-10-16(11-9-7-2)12-13(14(17)18-4)15(3,19-5)20-21-16/h13H,6-12H2,1-5H3/t13-,15-/m0/s1. The summed E-state index contributed by atoms with van der Waals surface area (Å²) in [6.07, 6.45) is 6.61. The van der Waals surface area contributed by atoms with E-state index in [1.165, 1.54) is 14.2 Å². The third kappa shape index (κ3) is 4.41. The Morgan fingerprint density at radius 3 is 2.14 bits per heavy atom. The molecular weight excluding hydrogens is 272 g/mol.